The summed E-state index contributed by atoms with van der Waals surface area (Å²) >= 11 is 0. The van der Waals surface area contributed by atoms with Crippen molar-refractivity contribution >= 4 is 28.8 Å². The Morgan fingerprint density at radius 2 is 1.54 bits per heavy atom. The summed E-state index contributed by atoms with van der Waals surface area (Å²) < 4.78 is 0. The molecule has 0 bridgehead atoms. The first-order valence-electron chi connectivity index (χ1n) is 13.4. The first-order chi connectivity index (χ1) is 19.2. The fourth-order valence-electron chi connectivity index (χ4n) is 4.80. The van der Waals surface area contributed by atoms with Gasteiger partial charge in [0.05, 0.1) is 17.1 Å². The van der Waals surface area contributed by atoms with Gasteiger partial charge >= 0.3 is 0 Å². The van der Waals surface area contributed by atoms with Crippen molar-refractivity contribution in [2.24, 2.45) is 0 Å². The van der Waals surface area contributed by atoms with E-state index in [1.165, 1.54) is 5.56 Å². The summed E-state index contributed by atoms with van der Waals surface area (Å²) in [6, 6.07) is 30.1. The predicted octanol–water partition coefficient (Wildman–Crippen LogP) is 4.43. The van der Waals surface area contributed by atoms with Crippen LogP contribution in [0.25, 0.3) is 17.1 Å². The number of nitrogens with zero attached hydrogens (tertiary/aromatic N) is 5. The Labute approximate surface area is 229 Å². The molecule has 0 aliphatic carbocycles. The molecule has 1 N–H and O–H groups in total. The number of carbonyl (C=O) groups excluding carboxylic acids is 1. The van der Waals surface area contributed by atoms with Crippen LogP contribution in [0.15, 0.2) is 91.0 Å². The summed E-state index contributed by atoms with van der Waals surface area (Å²) in [4.78, 5) is 27.4. The van der Waals surface area contributed by atoms with Gasteiger partial charge < -0.3 is 10.2 Å². The maximum atomic E-state index is 13.2. The van der Waals surface area contributed by atoms with Crippen molar-refractivity contribution in [2.75, 3.05) is 44.2 Å². The number of nitriles is 1. The van der Waals surface area contributed by atoms with Crippen molar-refractivity contribution in [3.63, 3.8) is 0 Å². The molecular formula is C32H32N6O. The first kappa shape index (κ1) is 26.1. The molecule has 4 aromatic rings. The molecule has 1 aliphatic heterocycles. The molecule has 5 rings (SSSR count). The van der Waals surface area contributed by atoms with Crippen molar-refractivity contribution < 1.29 is 4.79 Å². The van der Waals surface area contributed by atoms with E-state index in [-0.39, 0.29) is 5.91 Å². The minimum Gasteiger partial charge on any atom is -0.354 e. The van der Waals surface area contributed by atoms with Gasteiger partial charge in [0.25, 0.3) is 0 Å². The second kappa shape index (κ2) is 12.8. The van der Waals surface area contributed by atoms with Gasteiger partial charge in [0, 0.05) is 39.3 Å². The van der Waals surface area contributed by atoms with E-state index >= 15 is 0 Å². The van der Waals surface area contributed by atoms with Crippen LogP contribution in [0.4, 0.5) is 5.82 Å². The van der Waals surface area contributed by atoms with Crippen LogP contribution in [0, 0.1) is 11.3 Å². The zero-order chi connectivity index (χ0) is 26.9. The van der Waals surface area contributed by atoms with Crippen LogP contribution in [0.3, 0.4) is 0 Å². The molecule has 0 spiro atoms. The van der Waals surface area contributed by atoms with E-state index in [0.717, 1.165) is 43.8 Å². The molecule has 1 fully saturated rings. The number of aromatic nitrogens is 2. The minimum absolute atomic E-state index is 0.344. The summed E-state index contributed by atoms with van der Waals surface area (Å²) in [5.41, 5.74) is 4.18. The highest BCUT2D eigenvalue weighted by Gasteiger charge is 2.30. The molecule has 1 aromatic heterocycles. The van der Waals surface area contributed by atoms with Crippen LogP contribution in [-0.2, 0) is 11.2 Å². The lowest BCUT2D eigenvalue weighted by molar-refractivity contribution is -0.121. The SMILES string of the molecule is N#CC(C(=O)NCCc1ccccc1)c1nc2ccccc2nc1N1CCN(CC=Cc2ccccc2)CC1. The first-order valence-corrected chi connectivity index (χ1v) is 13.4. The average Bonchev–Trinajstić information content (AvgIpc) is 2.99. The molecule has 196 valence electrons. The van der Waals surface area contributed by atoms with E-state index < -0.39 is 5.92 Å². The molecule has 1 amide bonds. The van der Waals surface area contributed by atoms with Crippen molar-refractivity contribution in [1.82, 2.24) is 20.2 Å². The quantitative estimate of drug-likeness (QED) is 0.354. The van der Waals surface area contributed by atoms with E-state index in [4.69, 9.17) is 9.97 Å². The van der Waals surface area contributed by atoms with Gasteiger partial charge in [0.15, 0.2) is 11.7 Å². The third-order valence-corrected chi connectivity index (χ3v) is 6.94. The van der Waals surface area contributed by atoms with Crippen LogP contribution in [0.2, 0.25) is 0 Å². The van der Waals surface area contributed by atoms with Crippen LogP contribution < -0.4 is 10.2 Å². The van der Waals surface area contributed by atoms with Gasteiger partial charge in [-0.1, -0.05) is 84.9 Å². The Kier molecular flexibility index (Phi) is 8.57. The molecular weight excluding hydrogens is 484 g/mol. The van der Waals surface area contributed by atoms with Crippen molar-refractivity contribution in [3.8, 4) is 6.07 Å². The van der Waals surface area contributed by atoms with Gasteiger partial charge in [-0.15, -0.1) is 0 Å². The highest BCUT2D eigenvalue weighted by molar-refractivity contribution is 5.88. The summed E-state index contributed by atoms with van der Waals surface area (Å²) in [6.07, 6.45) is 5.03. The highest BCUT2D eigenvalue weighted by Crippen LogP contribution is 2.28. The molecule has 1 saturated heterocycles. The fourth-order valence-corrected chi connectivity index (χ4v) is 4.80. The largest absolute Gasteiger partial charge is 0.354 e. The number of amides is 1. The number of anilines is 1. The summed E-state index contributed by atoms with van der Waals surface area (Å²) in [5.74, 6) is -0.762. The number of carbonyl (C=O) groups is 1. The van der Waals surface area contributed by atoms with Gasteiger partial charge in [-0.25, -0.2) is 9.97 Å². The van der Waals surface area contributed by atoms with Crippen LogP contribution in [-0.4, -0.2) is 60.0 Å². The van der Waals surface area contributed by atoms with Gasteiger partial charge in [-0.2, -0.15) is 5.26 Å². The lowest BCUT2D eigenvalue weighted by Crippen LogP contribution is -2.47. The number of para-hydroxylation sites is 2. The Morgan fingerprint density at radius 1 is 0.897 bits per heavy atom. The molecule has 7 nitrogen and oxygen atoms in total. The molecule has 1 aliphatic rings. The van der Waals surface area contributed by atoms with E-state index in [1.54, 1.807) is 0 Å². The zero-order valence-electron chi connectivity index (χ0n) is 21.9. The third-order valence-electron chi connectivity index (χ3n) is 6.94. The van der Waals surface area contributed by atoms with E-state index in [2.05, 4.69) is 45.5 Å². The fraction of sp³-hybridized carbons (Fsp3) is 0.250. The maximum Gasteiger partial charge on any atom is 0.243 e. The predicted molar refractivity (Wildman–Crippen MR) is 155 cm³/mol. The number of benzene rings is 3. The van der Waals surface area contributed by atoms with Crippen LogP contribution >= 0.6 is 0 Å². The third kappa shape index (κ3) is 6.67. The molecule has 0 saturated carbocycles. The molecule has 39 heavy (non-hydrogen) atoms. The van der Waals surface area contributed by atoms with Gasteiger partial charge in [0.1, 0.15) is 5.69 Å². The Hall–Kier alpha value is -4.54. The van der Waals surface area contributed by atoms with Crippen molar-refractivity contribution in [1.29, 1.82) is 5.26 Å². The molecule has 1 unspecified atom stereocenters. The number of nitrogens with one attached hydrogen (secondary N) is 1. The number of hydrogen-bond acceptors (Lipinski definition) is 6. The van der Waals surface area contributed by atoms with Gasteiger partial charge in [0.2, 0.25) is 5.91 Å². The molecule has 1 atom stereocenters. The second-order valence-corrected chi connectivity index (χ2v) is 9.61. The van der Waals surface area contributed by atoms with Gasteiger partial charge in [-0.3, -0.25) is 9.69 Å². The van der Waals surface area contributed by atoms with Gasteiger partial charge in [-0.05, 0) is 29.7 Å². The Balaban J connectivity index is 1.29. The number of fused-ring (bicyclic) bond motifs is 1. The Morgan fingerprint density at radius 3 is 2.23 bits per heavy atom. The van der Waals surface area contributed by atoms with Crippen LogP contribution in [0.5, 0.6) is 0 Å². The van der Waals surface area contributed by atoms with E-state index in [9.17, 15) is 10.1 Å². The normalized spacial score (nSPS) is 14.8. The molecule has 7 heteroatoms. The molecule has 3 aromatic carbocycles. The average molecular weight is 517 g/mol. The van der Waals surface area contributed by atoms with Crippen molar-refractivity contribution in [3.05, 3.63) is 108 Å². The number of piperazine rings is 1. The Bertz CT molecular complexity index is 1460. The van der Waals surface area contributed by atoms with E-state index in [0.29, 0.717) is 30.0 Å². The maximum absolute atomic E-state index is 13.2. The smallest absolute Gasteiger partial charge is 0.243 e. The lowest BCUT2D eigenvalue weighted by Gasteiger charge is -2.35. The minimum atomic E-state index is -1.04. The topological polar surface area (TPSA) is 85.1 Å². The highest BCUT2D eigenvalue weighted by atomic mass is 16.1. The summed E-state index contributed by atoms with van der Waals surface area (Å²) in [7, 11) is 0. The lowest BCUT2D eigenvalue weighted by atomic mass is 10.0. The summed E-state index contributed by atoms with van der Waals surface area (Å²) in [6.45, 7) is 4.51. The van der Waals surface area contributed by atoms with E-state index in [1.807, 2.05) is 72.8 Å². The molecule has 2 heterocycles. The van der Waals surface area contributed by atoms with Crippen molar-refractivity contribution in [2.45, 2.75) is 12.3 Å². The number of rotatable bonds is 9. The number of hydrogen-bond donors (Lipinski definition) is 1. The second-order valence-electron chi connectivity index (χ2n) is 9.61. The standard InChI is InChI=1S/C32H32N6O/c33-24-27(32(39)34-18-17-26-12-5-2-6-13-26)30-31(36-29-16-8-7-15-28(29)35-30)38-22-20-37(21-23-38)19-9-14-25-10-3-1-4-11-25/h1-16,27H,17-23H2,(H,34,39). The molecule has 0 radical (unpaired) electrons. The zero-order valence-corrected chi connectivity index (χ0v) is 21.9. The monoisotopic (exact) mass is 516 g/mol. The van der Waals surface area contributed by atoms with Crippen LogP contribution in [0.1, 0.15) is 22.7 Å². The summed E-state index contributed by atoms with van der Waals surface area (Å²) in [5, 5.41) is 13.0.